The van der Waals surface area contributed by atoms with Crippen LogP contribution in [0.25, 0.3) is 0 Å². The summed E-state index contributed by atoms with van der Waals surface area (Å²) in [6, 6.07) is 6.56. The first-order valence-corrected chi connectivity index (χ1v) is 5.46. The lowest BCUT2D eigenvalue weighted by Crippen LogP contribution is -2.33. The monoisotopic (exact) mass is 250 g/mol. The van der Waals surface area contributed by atoms with Crippen LogP contribution in [0.15, 0.2) is 29.3 Å². The Kier molecular flexibility index (Phi) is 5.41. The van der Waals surface area contributed by atoms with E-state index < -0.39 is 6.09 Å². The number of ether oxygens (including phenoxy) is 1. The van der Waals surface area contributed by atoms with Gasteiger partial charge in [-0.3, -0.25) is 0 Å². The molecule has 0 radical (unpaired) electrons. The minimum atomic E-state index is -0.961. The molecular formula is C12H14N2O4. The summed E-state index contributed by atoms with van der Waals surface area (Å²) >= 11 is 0. The minimum absolute atomic E-state index is 0.274. The van der Waals surface area contributed by atoms with E-state index in [9.17, 15) is 9.59 Å². The summed E-state index contributed by atoms with van der Waals surface area (Å²) in [5, 5.41) is 8.79. The molecule has 96 valence electrons. The minimum Gasteiger partial charge on any atom is -0.492 e. The predicted octanol–water partition coefficient (Wildman–Crippen LogP) is 2.03. The van der Waals surface area contributed by atoms with Crippen LogP contribution in [0.2, 0.25) is 0 Å². The van der Waals surface area contributed by atoms with Gasteiger partial charge in [-0.25, -0.2) is 9.59 Å². The Labute approximate surface area is 105 Å². The maximum atomic E-state index is 10.7. The topological polar surface area (TPSA) is 79.2 Å². The molecule has 1 amide bonds. The van der Waals surface area contributed by atoms with E-state index in [0.29, 0.717) is 24.5 Å². The number of hydrogen-bond donors (Lipinski definition) is 1. The summed E-state index contributed by atoms with van der Waals surface area (Å²) in [6.07, 6.45) is 0.483. The van der Waals surface area contributed by atoms with Gasteiger partial charge in [0, 0.05) is 6.54 Å². The van der Waals surface area contributed by atoms with Crippen molar-refractivity contribution in [3.63, 3.8) is 0 Å². The van der Waals surface area contributed by atoms with E-state index in [1.54, 1.807) is 31.2 Å². The van der Waals surface area contributed by atoms with Crippen molar-refractivity contribution >= 4 is 17.9 Å². The number of likely N-dealkylation sites (N-methyl/N-ethyl adjacent to an activating group) is 1. The van der Waals surface area contributed by atoms with Crippen LogP contribution in [-0.2, 0) is 4.79 Å². The lowest BCUT2D eigenvalue weighted by atomic mass is 10.3. The van der Waals surface area contributed by atoms with Crippen molar-refractivity contribution in [2.24, 2.45) is 4.99 Å². The van der Waals surface area contributed by atoms with Crippen molar-refractivity contribution in [3.05, 3.63) is 24.3 Å². The zero-order valence-corrected chi connectivity index (χ0v) is 10.00. The predicted molar refractivity (Wildman–Crippen MR) is 65.0 cm³/mol. The summed E-state index contributed by atoms with van der Waals surface area (Å²) in [5.41, 5.74) is 0.498. The molecule has 6 nitrogen and oxygen atoms in total. The Morgan fingerprint density at radius 1 is 1.44 bits per heavy atom. The molecule has 1 aromatic rings. The maximum absolute atomic E-state index is 10.7. The molecule has 0 saturated carbocycles. The van der Waals surface area contributed by atoms with E-state index in [1.807, 2.05) is 0 Å². The number of rotatable bonds is 6. The van der Waals surface area contributed by atoms with Crippen LogP contribution in [-0.4, -0.2) is 41.9 Å². The highest BCUT2D eigenvalue weighted by Crippen LogP contribution is 2.17. The van der Waals surface area contributed by atoms with Crippen LogP contribution in [0.5, 0.6) is 5.75 Å². The van der Waals surface area contributed by atoms with Crippen molar-refractivity contribution in [1.29, 1.82) is 0 Å². The first kappa shape index (κ1) is 13.7. The van der Waals surface area contributed by atoms with Gasteiger partial charge in [-0.05, 0) is 31.2 Å². The fourth-order valence-corrected chi connectivity index (χ4v) is 1.33. The second-order valence-electron chi connectivity index (χ2n) is 3.41. The van der Waals surface area contributed by atoms with Crippen molar-refractivity contribution in [3.8, 4) is 5.75 Å². The smallest absolute Gasteiger partial charge is 0.407 e. The Morgan fingerprint density at radius 2 is 2.11 bits per heavy atom. The summed E-state index contributed by atoms with van der Waals surface area (Å²) in [5.74, 6) is 0.598. The highest BCUT2D eigenvalue weighted by atomic mass is 16.5. The molecule has 1 aromatic carbocycles. The Balaban J connectivity index is 2.44. The van der Waals surface area contributed by atoms with Gasteiger partial charge in [0.15, 0.2) is 0 Å². The number of nitrogens with zero attached hydrogens (tertiary/aromatic N) is 2. The molecule has 0 fully saturated rings. The zero-order chi connectivity index (χ0) is 13.4. The number of hydrogen-bond acceptors (Lipinski definition) is 4. The third kappa shape index (κ3) is 4.27. The number of carboxylic acid groups (broad SMARTS) is 1. The molecule has 0 aliphatic heterocycles. The lowest BCUT2D eigenvalue weighted by Gasteiger charge is -2.16. The second kappa shape index (κ2) is 7.09. The summed E-state index contributed by atoms with van der Waals surface area (Å²) < 4.78 is 5.38. The van der Waals surface area contributed by atoms with E-state index in [4.69, 9.17) is 9.84 Å². The first-order valence-electron chi connectivity index (χ1n) is 5.46. The zero-order valence-electron chi connectivity index (χ0n) is 10.00. The molecule has 0 unspecified atom stereocenters. The summed E-state index contributed by atoms with van der Waals surface area (Å²) in [4.78, 5) is 25.4. The highest BCUT2D eigenvalue weighted by Gasteiger charge is 2.08. The third-order valence-corrected chi connectivity index (χ3v) is 2.29. The summed E-state index contributed by atoms with van der Waals surface area (Å²) in [7, 11) is 0. The molecule has 0 aliphatic rings. The lowest BCUT2D eigenvalue weighted by molar-refractivity contribution is 0.138. The van der Waals surface area contributed by atoms with Gasteiger partial charge in [0.05, 0.1) is 12.2 Å². The van der Waals surface area contributed by atoms with Crippen LogP contribution >= 0.6 is 0 Å². The van der Waals surface area contributed by atoms with Crippen LogP contribution in [0.3, 0.4) is 0 Å². The molecule has 18 heavy (non-hydrogen) atoms. The Bertz CT molecular complexity index is 438. The fourth-order valence-electron chi connectivity index (χ4n) is 1.33. The standard InChI is InChI=1S/C12H14N2O4/c1-2-14(12(16)17)7-8-18-11-5-3-10(4-6-11)13-9-15/h3-6H,2,7-8H2,1H3,(H,16,17). The molecule has 0 aliphatic carbocycles. The van der Waals surface area contributed by atoms with Crippen molar-refractivity contribution in [2.45, 2.75) is 6.92 Å². The Hall–Kier alpha value is -2.33. The van der Waals surface area contributed by atoms with Gasteiger partial charge in [0.1, 0.15) is 12.4 Å². The van der Waals surface area contributed by atoms with Gasteiger partial charge in [-0.15, -0.1) is 0 Å². The highest BCUT2D eigenvalue weighted by molar-refractivity contribution is 5.64. The number of isocyanates is 1. The fraction of sp³-hybridized carbons (Fsp3) is 0.333. The van der Waals surface area contributed by atoms with Crippen LogP contribution in [0.4, 0.5) is 10.5 Å². The van der Waals surface area contributed by atoms with Gasteiger partial charge < -0.3 is 14.7 Å². The largest absolute Gasteiger partial charge is 0.492 e. The van der Waals surface area contributed by atoms with Crippen LogP contribution < -0.4 is 4.74 Å². The van der Waals surface area contributed by atoms with Gasteiger partial charge in [-0.1, -0.05) is 0 Å². The SMILES string of the molecule is CCN(CCOc1ccc(N=C=O)cc1)C(=O)O. The first-order chi connectivity index (χ1) is 8.67. The van der Waals surface area contributed by atoms with Gasteiger partial charge in [0.2, 0.25) is 6.08 Å². The molecule has 1 N–H and O–H groups in total. The number of carbonyl (C=O) groups is 1. The molecule has 0 atom stereocenters. The molecule has 6 heteroatoms. The number of amides is 1. The number of carbonyl (C=O) groups excluding carboxylic acids is 1. The molecular weight excluding hydrogens is 236 g/mol. The van der Waals surface area contributed by atoms with E-state index in [1.165, 1.54) is 11.0 Å². The summed E-state index contributed by atoms with van der Waals surface area (Å²) in [6.45, 7) is 2.77. The van der Waals surface area contributed by atoms with Crippen LogP contribution in [0.1, 0.15) is 6.92 Å². The molecule has 0 heterocycles. The van der Waals surface area contributed by atoms with Gasteiger partial charge in [0.25, 0.3) is 0 Å². The van der Waals surface area contributed by atoms with Crippen LogP contribution in [0, 0.1) is 0 Å². The van der Waals surface area contributed by atoms with E-state index in [2.05, 4.69) is 4.99 Å². The molecule has 1 rings (SSSR count). The molecule has 0 bridgehead atoms. The second-order valence-corrected chi connectivity index (χ2v) is 3.41. The van der Waals surface area contributed by atoms with E-state index in [0.717, 1.165) is 0 Å². The normalized spacial score (nSPS) is 9.39. The third-order valence-electron chi connectivity index (χ3n) is 2.29. The average Bonchev–Trinajstić information content (AvgIpc) is 2.36. The molecule has 0 aromatic heterocycles. The number of aliphatic imine (C=N–C) groups is 1. The van der Waals surface area contributed by atoms with Crippen molar-refractivity contribution in [1.82, 2.24) is 4.90 Å². The van der Waals surface area contributed by atoms with E-state index >= 15 is 0 Å². The maximum Gasteiger partial charge on any atom is 0.407 e. The van der Waals surface area contributed by atoms with E-state index in [-0.39, 0.29) is 6.61 Å². The molecule has 0 spiro atoms. The average molecular weight is 250 g/mol. The van der Waals surface area contributed by atoms with Gasteiger partial charge in [-0.2, -0.15) is 4.99 Å². The Morgan fingerprint density at radius 3 is 2.61 bits per heavy atom. The van der Waals surface area contributed by atoms with Crippen molar-refractivity contribution in [2.75, 3.05) is 19.7 Å². The quantitative estimate of drug-likeness (QED) is 0.618. The van der Waals surface area contributed by atoms with Gasteiger partial charge >= 0.3 is 6.09 Å². The number of benzene rings is 1. The van der Waals surface area contributed by atoms with Crippen molar-refractivity contribution < 1.29 is 19.4 Å². The molecule has 0 saturated heterocycles.